The summed E-state index contributed by atoms with van der Waals surface area (Å²) in [5.41, 5.74) is 0. The van der Waals surface area contributed by atoms with Crippen LogP contribution in [0.25, 0.3) is 0 Å². The van der Waals surface area contributed by atoms with Crippen LogP contribution >= 0.6 is 0 Å². The van der Waals surface area contributed by atoms with E-state index in [1.165, 1.54) is 6.34 Å². The lowest BCUT2D eigenvalue weighted by atomic mass is 10.1. The molecule has 1 aliphatic heterocycles. The van der Waals surface area contributed by atoms with Crippen LogP contribution in [0.2, 0.25) is 0 Å². The molecular weight excluding hydrogens is 116 g/mol. The Labute approximate surface area is 54.9 Å². The van der Waals surface area contributed by atoms with Gasteiger partial charge in [-0.15, -0.1) is 0 Å². The maximum absolute atomic E-state index is 6.75. The first-order valence-electron chi connectivity index (χ1n) is 3.26. The molecule has 0 radical (unpaired) electrons. The van der Waals surface area contributed by atoms with E-state index in [4.69, 9.17) is 10.1 Å². The van der Waals surface area contributed by atoms with Crippen molar-refractivity contribution in [1.82, 2.24) is 5.32 Å². The Morgan fingerprint density at radius 2 is 2.56 bits per heavy atom. The summed E-state index contributed by atoms with van der Waals surface area (Å²) in [6, 6.07) is 0.385. The lowest BCUT2D eigenvalue weighted by molar-refractivity contribution is 0.0768. The first-order chi connectivity index (χ1) is 4.43. The third-order valence-electron chi connectivity index (χ3n) is 1.48. The predicted molar refractivity (Wildman–Crippen MR) is 35.8 cm³/mol. The van der Waals surface area contributed by atoms with E-state index in [0.717, 1.165) is 26.1 Å². The lowest BCUT2D eigenvalue weighted by Gasteiger charge is -2.21. The normalized spacial score (nSPS) is 27.3. The summed E-state index contributed by atoms with van der Waals surface area (Å²) in [4.78, 5) is 0. The average molecular weight is 128 g/mol. The second-order valence-electron chi connectivity index (χ2n) is 2.23. The highest BCUT2D eigenvalue weighted by molar-refractivity contribution is 5.50. The van der Waals surface area contributed by atoms with Gasteiger partial charge in [0.15, 0.2) is 0 Å². The van der Waals surface area contributed by atoms with Crippen LogP contribution in [0.3, 0.4) is 0 Å². The monoisotopic (exact) mass is 128 g/mol. The van der Waals surface area contributed by atoms with Crippen LogP contribution in [0, 0.1) is 5.41 Å². The largest absolute Gasteiger partial charge is 0.379 e. The van der Waals surface area contributed by atoms with E-state index in [2.05, 4.69) is 5.32 Å². The number of hydrogen-bond acceptors (Lipinski definition) is 2. The number of hydrogen-bond donors (Lipinski definition) is 2. The summed E-state index contributed by atoms with van der Waals surface area (Å²) in [7, 11) is 0. The molecule has 0 spiro atoms. The third kappa shape index (κ3) is 2.01. The minimum absolute atomic E-state index is 0.385. The van der Waals surface area contributed by atoms with Crippen molar-refractivity contribution in [2.45, 2.75) is 18.9 Å². The molecule has 0 amide bonds. The standard InChI is InChI=1S/C6H12N2O/c7-5-8-6-2-1-3-9-4-6/h5-6H,1-4H2,(H2,7,8)/t6-/m1/s1. The van der Waals surface area contributed by atoms with E-state index in [1.807, 2.05) is 0 Å². The zero-order valence-electron chi connectivity index (χ0n) is 5.39. The Balaban J connectivity index is 2.15. The Bertz CT molecular complexity index is 89.1. The summed E-state index contributed by atoms with van der Waals surface area (Å²) in [6.07, 6.45) is 3.49. The van der Waals surface area contributed by atoms with E-state index in [-0.39, 0.29) is 0 Å². The summed E-state index contributed by atoms with van der Waals surface area (Å²) in [6.45, 7) is 1.64. The van der Waals surface area contributed by atoms with Crippen molar-refractivity contribution in [3.63, 3.8) is 0 Å². The van der Waals surface area contributed by atoms with Gasteiger partial charge < -0.3 is 10.1 Å². The van der Waals surface area contributed by atoms with Crippen LogP contribution in [-0.2, 0) is 4.74 Å². The van der Waals surface area contributed by atoms with Gasteiger partial charge in [0.2, 0.25) is 0 Å². The summed E-state index contributed by atoms with van der Waals surface area (Å²) in [5, 5.41) is 9.65. The van der Waals surface area contributed by atoms with Gasteiger partial charge in [0.05, 0.1) is 19.0 Å². The second-order valence-corrected chi connectivity index (χ2v) is 2.23. The Hall–Kier alpha value is -0.570. The van der Waals surface area contributed by atoms with Crippen LogP contribution in [0.15, 0.2) is 0 Å². The van der Waals surface area contributed by atoms with E-state index in [0.29, 0.717) is 6.04 Å². The van der Waals surface area contributed by atoms with Gasteiger partial charge in [-0.3, -0.25) is 5.41 Å². The molecule has 0 aromatic rings. The molecule has 9 heavy (non-hydrogen) atoms. The first-order valence-corrected chi connectivity index (χ1v) is 3.26. The van der Waals surface area contributed by atoms with Gasteiger partial charge in [0.25, 0.3) is 0 Å². The van der Waals surface area contributed by atoms with Gasteiger partial charge in [0.1, 0.15) is 0 Å². The second kappa shape index (κ2) is 3.45. The van der Waals surface area contributed by atoms with Gasteiger partial charge in [0, 0.05) is 6.61 Å². The van der Waals surface area contributed by atoms with Crippen LogP contribution in [0.5, 0.6) is 0 Å². The highest BCUT2D eigenvalue weighted by Gasteiger charge is 2.10. The molecule has 52 valence electrons. The number of ether oxygens (including phenoxy) is 1. The van der Waals surface area contributed by atoms with E-state index in [1.54, 1.807) is 0 Å². The SMILES string of the molecule is N=CN[C@@H]1CCCOC1. The smallest absolute Gasteiger partial charge is 0.0794 e. The van der Waals surface area contributed by atoms with Crippen molar-refractivity contribution in [2.24, 2.45) is 0 Å². The van der Waals surface area contributed by atoms with Gasteiger partial charge in [-0.25, -0.2) is 0 Å². The highest BCUT2D eigenvalue weighted by atomic mass is 16.5. The van der Waals surface area contributed by atoms with Crippen molar-refractivity contribution in [3.05, 3.63) is 0 Å². The van der Waals surface area contributed by atoms with Crippen LogP contribution in [0.1, 0.15) is 12.8 Å². The van der Waals surface area contributed by atoms with E-state index < -0.39 is 0 Å². The molecule has 3 heteroatoms. The van der Waals surface area contributed by atoms with Crippen molar-refractivity contribution < 1.29 is 4.74 Å². The van der Waals surface area contributed by atoms with E-state index in [9.17, 15) is 0 Å². The Morgan fingerprint density at radius 3 is 3.11 bits per heavy atom. The van der Waals surface area contributed by atoms with Gasteiger partial charge in [-0.2, -0.15) is 0 Å². The molecule has 2 N–H and O–H groups in total. The summed E-state index contributed by atoms with van der Waals surface area (Å²) < 4.78 is 5.17. The molecule has 3 nitrogen and oxygen atoms in total. The van der Waals surface area contributed by atoms with E-state index >= 15 is 0 Å². The zero-order chi connectivity index (χ0) is 6.53. The van der Waals surface area contributed by atoms with Gasteiger partial charge in [-0.1, -0.05) is 0 Å². The molecule has 0 aliphatic carbocycles. The molecule has 0 aromatic carbocycles. The maximum atomic E-state index is 6.75. The molecule has 1 fully saturated rings. The highest BCUT2D eigenvalue weighted by Crippen LogP contribution is 2.04. The number of nitrogens with one attached hydrogen (secondary N) is 2. The van der Waals surface area contributed by atoms with Crippen LogP contribution < -0.4 is 5.32 Å². The molecule has 0 bridgehead atoms. The van der Waals surface area contributed by atoms with Crippen LogP contribution in [-0.4, -0.2) is 25.6 Å². The minimum atomic E-state index is 0.385. The summed E-state index contributed by atoms with van der Waals surface area (Å²) in [5.74, 6) is 0. The fourth-order valence-electron chi connectivity index (χ4n) is 0.990. The molecule has 1 atom stereocenters. The average Bonchev–Trinajstić information content (AvgIpc) is 1.91. The fraction of sp³-hybridized carbons (Fsp3) is 0.833. The molecule has 0 saturated carbocycles. The van der Waals surface area contributed by atoms with Crippen molar-refractivity contribution in [1.29, 1.82) is 5.41 Å². The molecule has 0 aromatic heterocycles. The van der Waals surface area contributed by atoms with Crippen molar-refractivity contribution >= 4 is 6.34 Å². The fourth-order valence-corrected chi connectivity index (χ4v) is 0.990. The topological polar surface area (TPSA) is 45.1 Å². The van der Waals surface area contributed by atoms with Crippen molar-refractivity contribution in [2.75, 3.05) is 13.2 Å². The Morgan fingerprint density at radius 1 is 1.67 bits per heavy atom. The van der Waals surface area contributed by atoms with Gasteiger partial charge in [-0.05, 0) is 12.8 Å². The molecule has 0 unspecified atom stereocenters. The molecule has 1 heterocycles. The maximum Gasteiger partial charge on any atom is 0.0794 e. The molecule has 1 aliphatic rings. The minimum Gasteiger partial charge on any atom is -0.379 e. The Kier molecular flexibility index (Phi) is 2.51. The quantitative estimate of drug-likeness (QED) is 0.416. The van der Waals surface area contributed by atoms with Crippen molar-refractivity contribution in [3.8, 4) is 0 Å². The number of rotatable bonds is 2. The molecule has 1 rings (SSSR count). The zero-order valence-corrected chi connectivity index (χ0v) is 5.39. The lowest BCUT2D eigenvalue weighted by Crippen LogP contribution is -2.35. The predicted octanol–water partition coefficient (Wildman–Crippen LogP) is 0.362. The third-order valence-corrected chi connectivity index (χ3v) is 1.48. The summed E-state index contributed by atoms with van der Waals surface area (Å²) >= 11 is 0. The van der Waals surface area contributed by atoms with Crippen LogP contribution in [0.4, 0.5) is 0 Å². The molecular formula is C6H12N2O. The molecule has 1 saturated heterocycles. The first kappa shape index (κ1) is 6.55. The van der Waals surface area contributed by atoms with Gasteiger partial charge >= 0.3 is 0 Å².